The van der Waals surface area contributed by atoms with E-state index in [9.17, 15) is 4.79 Å². The van der Waals surface area contributed by atoms with Crippen molar-refractivity contribution in [1.82, 2.24) is 4.57 Å². The van der Waals surface area contributed by atoms with Crippen LogP contribution in [0.25, 0.3) is 0 Å². The van der Waals surface area contributed by atoms with Gasteiger partial charge in [0.05, 0.1) is 11.7 Å². The molecule has 0 amide bonds. The number of anilines is 1. The molecule has 1 unspecified atom stereocenters. The zero-order valence-electron chi connectivity index (χ0n) is 12.0. The Morgan fingerprint density at radius 3 is 2.45 bits per heavy atom. The van der Waals surface area contributed by atoms with Gasteiger partial charge in [-0.25, -0.2) is 0 Å². The Hall–Kier alpha value is -2.03. The first-order chi connectivity index (χ1) is 9.63. The minimum absolute atomic E-state index is 0.0221. The Bertz CT molecular complexity index is 653. The first-order valence-electron chi connectivity index (χ1n) is 7.13. The van der Waals surface area contributed by atoms with Gasteiger partial charge in [-0.1, -0.05) is 29.8 Å². The summed E-state index contributed by atoms with van der Waals surface area (Å²) in [7, 11) is 1.78. The van der Waals surface area contributed by atoms with Crippen molar-refractivity contribution in [2.24, 2.45) is 13.0 Å². The second kappa shape index (κ2) is 5.16. The van der Waals surface area contributed by atoms with E-state index in [1.165, 1.54) is 24.0 Å². The molecule has 1 saturated carbocycles. The van der Waals surface area contributed by atoms with Crippen molar-refractivity contribution >= 4 is 5.69 Å². The topological polar surface area (TPSA) is 34.0 Å². The van der Waals surface area contributed by atoms with Crippen LogP contribution in [0, 0.1) is 12.8 Å². The molecule has 1 fully saturated rings. The Morgan fingerprint density at radius 2 is 1.85 bits per heavy atom. The third-order valence-electron chi connectivity index (χ3n) is 3.94. The predicted molar refractivity (Wildman–Crippen MR) is 81.9 cm³/mol. The van der Waals surface area contributed by atoms with E-state index in [2.05, 4.69) is 36.5 Å². The molecule has 3 nitrogen and oxygen atoms in total. The fourth-order valence-electron chi connectivity index (χ4n) is 2.54. The second-order valence-electron chi connectivity index (χ2n) is 5.74. The van der Waals surface area contributed by atoms with Crippen molar-refractivity contribution in [2.45, 2.75) is 25.8 Å². The van der Waals surface area contributed by atoms with Crippen LogP contribution in [0.1, 0.15) is 30.0 Å². The number of pyridine rings is 1. The average molecular weight is 268 g/mol. The van der Waals surface area contributed by atoms with Crippen LogP contribution in [0.3, 0.4) is 0 Å². The van der Waals surface area contributed by atoms with Crippen LogP contribution in [0.4, 0.5) is 5.69 Å². The van der Waals surface area contributed by atoms with E-state index in [0.717, 1.165) is 5.69 Å². The van der Waals surface area contributed by atoms with E-state index < -0.39 is 0 Å². The summed E-state index contributed by atoms with van der Waals surface area (Å²) in [4.78, 5) is 11.4. The Kier molecular flexibility index (Phi) is 3.35. The quantitative estimate of drug-likeness (QED) is 0.923. The van der Waals surface area contributed by atoms with Crippen LogP contribution in [0.2, 0.25) is 0 Å². The van der Waals surface area contributed by atoms with E-state index >= 15 is 0 Å². The summed E-state index contributed by atoms with van der Waals surface area (Å²) in [5.41, 5.74) is 3.63. The van der Waals surface area contributed by atoms with Crippen LogP contribution < -0.4 is 10.9 Å². The lowest BCUT2D eigenvalue weighted by Gasteiger charge is -2.20. The van der Waals surface area contributed by atoms with Gasteiger partial charge in [-0.05, 0) is 37.3 Å². The third-order valence-corrected chi connectivity index (χ3v) is 3.94. The molecule has 0 bridgehead atoms. The third kappa shape index (κ3) is 2.77. The summed E-state index contributed by atoms with van der Waals surface area (Å²) in [6.45, 7) is 2.11. The minimum Gasteiger partial charge on any atom is -0.377 e. The van der Waals surface area contributed by atoms with Crippen molar-refractivity contribution in [1.29, 1.82) is 0 Å². The molecule has 20 heavy (non-hydrogen) atoms. The van der Waals surface area contributed by atoms with Gasteiger partial charge in [0.25, 0.3) is 0 Å². The lowest BCUT2D eigenvalue weighted by atomic mass is 10.0. The van der Waals surface area contributed by atoms with E-state index in [1.807, 2.05) is 12.3 Å². The van der Waals surface area contributed by atoms with Crippen LogP contribution in [-0.4, -0.2) is 4.57 Å². The lowest BCUT2D eigenvalue weighted by Crippen LogP contribution is -2.18. The molecular formula is C17H20N2O. The maximum atomic E-state index is 11.4. The monoisotopic (exact) mass is 268 g/mol. The minimum atomic E-state index is 0.0221. The Balaban J connectivity index is 1.86. The molecule has 1 aromatic heterocycles. The van der Waals surface area contributed by atoms with E-state index in [-0.39, 0.29) is 5.56 Å². The zero-order chi connectivity index (χ0) is 14.1. The van der Waals surface area contributed by atoms with Gasteiger partial charge >= 0.3 is 0 Å². The Morgan fingerprint density at radius 1 is 1.15 bits per heavy atom. The largest absolute Gasteiger partial charge is 0.377 e. The highest BCUT2D eigenvalue weighted by Crippen LogP contribution is 2.42. The van der Waals surface area contributed by atoms with Crippen LogP contribution >= 0.6 is 0 Å². The molecule has 1 N–H and O–H groups in total. The maximum Gasteiger partial charge on any atom is 0.250 e. The van der Waals surface area contributed by atoms with E-state index in [1.54, 1.807) is 17.7 Å². The highest BCUT2D eigenvalue weighted by atomic mass is 16.1. The molecule has 1 atom stereocenters. The standard InChI is InChI=1S/C17H20N2O/c1-12-3-5-13(6-4-12)17(14-7-8-14)18-15-9-10-16(20)19(2)11-15/h3-6,9-11,14,17-18H,7-8H2,1-2H3. The van der Waals surface area contributed by atoms with E-state index in [0.29, 0.717) is 12.0 Å². The fraction of sp³-hybridized carbons (Fsp3) is 0.353. The number of benzene rings is 1. The van der Waals surface area contributed by atoms with Gasteiger partial charge in [-0.3, -0.25) is 4.79 Å². The Labute approximate surface area is 119 Å². The number of nitrogens with one attached hydrogen (secondary N) is 1. The summed E-state index contributed by atoms with van der Waals surface area (Å²) in [6, 6.07) is 12.5. The molecule has 1 aliphatic carbocycles. The van der Waals surface area contributed by atoms with Gasteiger partial charge in [0, 0.05) is 19.3 Å². The summed E-state index contributed by atoms with van der Waals surface area (Å²) in [5.74, 6) is 0.704. The average Bonchev–Trinajstić information content (AvgIpc) is 3.26. The molecule has 0 spiro atoms. The maximum absolute atomic E-state index is 11.4. The predicted octanol–water partition coefficient (Wildman–Crippen LogP) is 3.26. The normalized spacial score (nSPS) is 15.9. The van der Waals surface area contributed by atoms with Crippen LogP contribution in [0.15, 0.2) is 47.4 Å². The molecule has 0 saturated heterocycles. The van der Waals surface area contributed by atoms with Crippen LogP contribution in [-0.2, 0) is 7.05 Å². The van der Waals surface area contributed by atoms with Gasteiger partial charge in [0.1, 0.15) is 0 Å². The number of rotatable bonds is 4. The molecule has 104 valence electrons. The molecule has 0 aliphatic heterocycles. The fourth-order valence-corrected chi connectivity index (χ4v) is 2.54. The zero-order valence-corrected chi connectivity index (χ0v) is 12.0. The summed E-state index contributed by atoms with van der Waals surface area (Å²) in [6.07, 6.45) is 4.42. The molecule has 3 heteroatoms. The first-order valence-corrected chi connectivity index (χ1v) is 7.13. The molecule has 1 aliphatic rings. The number of aryl methyl sites for hydroxylation is 2. The molecular weight excluding hydrogens is 248 g/mol. The van der Waals surface area contributed by atoms with Crippen molar-refractivity contribution in [3.05, 3.63) is 64.1 Å². The number of aromatic nitrogens is 1. The van der Waals surface area contributed by atoms with Crippen molar-refractivity contribution in [3.63, 3.8) is 0 Å². The highest BCUT2D eigenvalue weighted by Gasteiger charge is 2.32. The SMILES string of the molecule is Cc1ccc(C(Nc2ccc(=O)n(C)c2)C2CC2)cc1. The summed E-state index contributed by atoms with van der Waals surface area (Å²) in [5, 5.41) is 3.59. The molecule has 3 rings (SSSR count). The number of hydrogen-bond donors (Lipinski definition) is 1. The highest BCUT2D eigenvalue weighted by molar-refractivity contribution is 5.44. The van der Waals surface area contributed by atoms with Gasteiger partial charge in [-0.15, -0.1) is 0 Å². The van der Waals surface area contributed by atoms with Gasteiger partial charge in [0.15, 0.2) is 0 Å². The van der Waals surface area contributed by atoms with Crippen LogP contribution in [0.5, 0.6) is 0 Å². The summed E-state index contributed by atoms with van der Waals surface area (Å²) >= 11 is 0. The molecule has 1 heterocycles. The second-order valence-corrected chi connectivity index (χ2v) is 5.74. The smallest absolute Gasteiger partial charge is 0.250 e. The van der Waals surface area contributed by atoms with Gasteiger partial charge in [0.2, 0.25) is 5.56 Å². The van der Waals surface area contributed by atoms with Gasteiger partial charge in [-0.2, -0.15) is 0 Å². The van der Waals surface area contributed by atoms with Crippen molar-refractivity contribution < 1.29 is 0 Å². The first kappa shape index (κ1) is 13.0. The molecule has 2 aromatic rings. The number of nitrogens with zero attached hydrogens (tertiary/aromatic N) is 1. The molecule has 1 aromatic carbocycles. The van der Waals surface area contributed by atoms with Crippen molar-refractivity contribution in [2.75, 3.05) is 5.32 Å². The molecule has 0 radical (unpaired) electrons. The van der Waals surface area contributed by atoms with E-state index in [4.69, 9.17) is 0 Å². The van der Waals surface area contributed by atoms with Crippen molar-refractivity contribution in [3.8, 4) is 0 Å². The lowest BCUT2D eigenvalue weighted by molar-refractivity contribution is 0.676. The van der Waals surface area contributed by atoms with Gasteiger partial charge < -0.3 is 9.88 Å². The number of hydrogen-bond acceptors (Lipinski definition) is 2. The summed E-state index contributed by atoms with van der Waals surface area (Å²) < 4.78 is 1.61.